The van der Waals surface area contributed by atoms with Crippen molar-refractivity contribution >= 4 is 35.7 Å². The number of halogens is 3. The first-order valence-corrected chi connectivity index (χ1v) is 9.31. The molecule has 9 nitrogen and oxygen atoms in total. The van der Waals surface area contributed by atoms with Crippen molar-refractivity contribution in [2.75, 3.05) is 7.11 Å². The van der Waals surface area contributed by atoms with Crippen molar-refractivity contribution in [2.24, 2.45) is 5.10 Å². The third-order valence-corrected chi connectivity index (χ3v) is 4.39. The van der Waals surface area contributed by atoms with Crippen molar-refractivity contribution in [3.63, 3.8) is 0 Å². The molecule has 0 saturated heterocycles. The van der Waals surface area contributed by atoms with Crippen LogP contribution in [-0.2, 0) is 12.0 Å². The van der Waals surface area contributed by atoms with E-state index in [2.05, 4.69) is 15.3 Å². The van der Waals surface area contributed by atoms with Crippen molar-refractivity contribution in [2.45, 2.75) is 12.0 Å². The number of methoxy groups -OCH3 is 1. The number of benzene rings is 2. The number of ether oxygens (including phenoxy) is 2. The minimum absolute atomic E-state index is 0.0159. The maximum absolute atomic E-state index is 13.4. The SMILES string of the molecule is COc1cc(C=Nn2c(C(F)(F)Cl)n[nH]c2=S)ccc1OCc1ccc([N+](=O)[O-])cc1. The van der Waals surface area contributed by atoms with Gasteiger partial charge in [-0.2, -0.15) is 18.6 Å². The Morgan fingerprint density at radius 2 is 2.03 bits per heavy atom. The van der Waals surface area contributed by atoms with Crippen molar-refractivity contribution in [1.82, 2.24) is 14.9 Å². The van der Waals surface area contributed by atoms with Gasteiger partial charge in [0.05, 0.1) is 18.2 Å². The van der Waals surface area contributed by atoms with E-state index in [0.717, 1.165) is 5.56 Å². The first kappa shape index (κ1) is 22.3. The molecule has 3 aromatic rings. The molecule has 3 rings (SSSR count). The lowest BCUT2D eigenvalue weighted by Crippen LogP contribution is -2.11. The predicted molar refractivity (Wildman–Crippen MR) is 111 cm³/mol. The van der Waals surface area contributed by atoms with Crippen LogP contribution in [0.25, 0.3) is 0 Å². The topological polar surface area (TPSA) is 108 Å². The third-order valence-electron chi connectivity index (χ3n) is 3.96. The molecule has 1 N–H and O–H groups in total. The molecule has 1 heterocycles. The standard InChI is InChI=1S/C18H14ClF2N5O4S/c1-29-15-8-12(9-22-25-16(18(19,20)21)23-24-17(25)31)4-7-14(15)30-10-11-2-5-13(6-3-11)26(27)28/h2-9H,10H2,1H3,(H,24,31). The van der Waals surface area contributed by atoms with Gasteiger partial charge in [-0.05, 0) is 65.3 Å². The van der Waals surface area contributed by atoms with E-state index in [4.69, 9.17) is 33.3 Å². The van der Waals surface area contributed by atoms with Crippen LogP contribution >= 0.6 is 23.8 Å². The Morgan fingerprint density at radius 3 is 2.65 bits per heavy atom. The second-order valence-corrected chi connectivity index (χ2v) is 6.89. The van der Waals surface area contributed by atoms with Gasteiger partial charge in [-0.3, -0.25) is 10.1 Å². The summed E-state index contributed by atoms with van der Waals surface area (Å²) < 4.78 is 38.3. The highest BCUT2D eigenvalue weighted by molar-refractivity contribution is 7.71. The molecule has 0 unspecified atom stereocenters. The fourth-order valence-corrected chi connectivity index (χ4v) is 2.77. The smallest absolute Gasteiger partial charge is 0.383 e. The first-order valence-electron chi connectivity index (χ1n) is 8.52. The molecule has 2 aromatic carbocycles. The van der Waals surface area contributed by atoms with Gasteiger partial charge in [-0.25, -0.2) is 5.10 Å². The van der Waals surface area contributed by atoms with E-state index in [1.165, 1.54) is 25.5 Å². The van der Waals surface area contributed by atoms with Gasteiger partial charge in [0.2, 0.25) is 10.6 Å². The van der Waals surface area contributed by atoms with Crippen LogP contribution in [0, 0.1) is 14.9 Å². The summed E-state index contributed by atoms with van der Waals surface area (Å²) >= 11 is 9.90. The Balaban J connectivity index is 1.76. The molecule has 31 heavy (non-hydrogen) atoms. The Hall–Kier alpha value is -3.38. The maximum Gasteiger partial charge on any atom is 0.383 e. The zero-order chi connectivity index (χ0) is 22.6. The molecule has 0 aliphatic heterocycles. The highest BCUT2D eigenvalue weighted by Crippen LogP contribution is 2.31. The number of non-ortho nitro benzene ring substituents is 1. The molecule has 1 aromatic heterocycles. The summed E-state index contributed by atoms with van der Waals surface area (Å²) in [6.45, 7) is 0.153. The van der Waals surface area contributed by atoms with Crippen LogP contribution in [0.15, 0.2) is 47.6 Å². The highest BCUT2D eigenvalue weighted by atomic mass is 35.5. The number of aromatic amines is 1. The van der Waals surface area contributed by atoms with Gasteiger partial charge >= 0.3 is 5.38 Å². The predicted octanol–water partition coefficient (Wildman–Crippen LogP) is 4.61. The number of nitrogens with zero attached hydrogens (tertiary/aromatic N) is 4. The molecule has 0 radical (unpaired) electrons. The van der Waals surface area contributed by atoms with Gasteiger partial charge in [-0.1, -0.05) is 0 Å². The molecule has 0 saturated carbocycles. The molecule has 162 valence electrons. The second kappa shape index (κ2) is 9.18. The number of alkyl halides is 3. The maximum atomic E-state index is 13.4. The lowest BCUT2D eigenvalue weighted by atomic mass is 10.2. The quantitative estimate of drug-likeness (QED) is 0.170. The van der Waals surface area contributed by atoms with Gasteiger partial charge in [-0.15, -0.1) is 5.10 Å². The Bertz CT molecular complexity index is 1170. The zero-order valence-corrected chi connectivity index (χ0v) is 17.4. The molecular weight excluding hydrogens is 456 g/mol. The summed E-state index contributed by atoms with van der Waals surface area (Å²) in [6.07, 6.45) is 1.28. The van der Waals surface area contributed by atoms with E-state index < -0.39 is 16.1 Å². The van der Waals surface area contributed by atoms with Gasteiger partial charge < -0.3 is 9.47 Å². The average Bonchev–Trinajstić information content (AvgIpc) is 3.12. The monoisotopic (exact) mass is 469 g/mol. The summed E-state index contributed by atoms with van der Waals surface area (Å²) in [5.74, 6) is -0.0686. The van der Waals surface area contributed by atoms with Crippen molar-refractivity contribution in [3.8, 4) is 11.5 Å². The first-order chi connectivity index (χ1) is 14.7. The highest BCUT2D eigenvalue weighted by Gasteiger charge is 2.35. The minimum Gasteiger partial charge on any atom is -0.493 e. The normalized spacial score (nSPS) is 11.6. The number of nitrogens with one attached hydrogen (secondary N) is 1. The zero-order valence-electron chi connectivity index (χ0n) is 15.8. The molecule has 0 bridgehead atoms. The molecule has 0 aliphatic rings. The third kappa shape index (κ3) is 5.41. The molecule has 13 heteroatoms. The van der Waals surface area contributed by atoms with E-state index in [9.17, 15) is 18.9 Å². The van der Waals surface area contributed by atoms with Gasteiger partial charge in [0.1, 0.15) is 6.61 Å². The van der Waals surface area contributed by atoms with E-state index in [1.807, 2.05) is 0 Å². The van der Waals surface area contributed by atoms with E-state index >= 15 is 0 Å². The van der Waals surface area contributed by atoms with Crippen molar-refractivity contribution < 1.29 is 23.2 Å². The van der Waals surface area contributed by atoms with Crippen LogP contribution in [0.5, 0.6) is 11.5 Å². The van der Waals surface area contributed by atoms with Crippen LogP contribution in [-0.4, -0.2) is 33.1 Å². The molecule has 0 aliphatic carbocycles. The van der Waals surface area contributed by atoms with Crippen LogP contribution in [0.4, 0.5) is 14.5 Å². The lowest BCUT2D eigenvalue weighted by molar-refractivity contribution is -0.384. The van der Waals surface area contributed by atoms with Crippen LogP contribution in [0.1, 0.15) is 17.0 Å². The Morgan fingerprint density at radius 1 is 1.32 bits per heavy atom. The number of hydrogen-bond acceptors (Lipinski definition) is 7. The summed E-state index contributed by atoms with van der Waals surface area (Å²) in [5, 5.41) is 16.5. The molecule has 0 amide bonds. The number of nitro groups is 1. The van der Waals surface area contributed by atoms with Crippen molar-refractivity contribution in [1.29, 1.82) is 0 Å². The Labute approximate surface area is 184 Å². The number of rotatable bonds is 8. The number of H-pyrrole nitrogens is 1. The second-order valence-electron chi connectivity index (χ2n) is 6.03. The van der Waals surface area contributed by atoms with Gasteiger partial charge in [0, 0.05) is 12.1 Å². The summed E-state index contributed by atoms with van der Waals surface area (Å²) in [6, 6.07) is 10.8. The number of nitro benzene ring substituents is 1. The van der Waals surface area contributed by atoms with Gasteiger partial charge in [0.25, 0.3) is 5.69 Å². The number of hydrogen-bond donors (Lipinski definition) is 1. The largest absolute Gasteiger partial charge is 0.493 e. The van der Waals surface area contributed by atoms with Crippen molar-refractivity contribution in [3.05, 3.63) is 74.3 Å². The molecular formula is C18H14ClF2N5O4S. The van der Waals surface area contributed by atoms with Crippen LogP contribution < -0.4 is 9.47 Å². The van der Waals surface area contributed by atoms with Crippen LogP contribution in [0.3, 0.4) is 0 Å². The van der Waals surface area contributed by atoms with E-state index in [1.54, 1.807) is 30.3 Å². The number of aromatic nitrogens is 3. The van der Waals surface area contributed by atoms with E-state index in [-0.39, 0.29) is 17.1 Å². The summed E-state index contributed by atoms with van der Waals surface area (Å²) in [7, 11) is 1.44. The molecule has 0 fully saturated rings. The van der Waals surface area contributed by atoms with Crippen LogP contribution in [0.2, 0.25) is 0 Å². The van der Waals surface area contributed by atoms with Gasteiger partial charge in [0.15, 0.2) is 11.5 Å². The molecule has 0 spiro atoms. The Kier molecular flexibility index (Phi) is 6.61. The minimum atomic E-state index is -3.75. The molecule has 0 atom stereocenters. The summed E-state index contributed by atoms with van der Waals surface area (Å²) in [5.41, 5.74) is 1.21. The fraction of sp³-hybridized carbons (Fsp3) is 0.167. The summed E-state index contributed by atoms with van der Waals surface area (Å²) in [4.78, 5) is 10.2. The average molecular weight is 470 g/mol. The van der Waals surface area contributed by atoms with E-state index in [0.29, 0.717) is 21.7 Å². The lowest BCUT2D eigenvalue weighted by Gasteiger charge is -2.11. The fourth-order valence-electron chi connectivity index (χ4n) is 2.47.